The first-order chi connectivity index (χ1) is 8.38. The van der Waals surface area contributed by atoms with Gasteiger partial charge in [0.25, 0.3) is 0 Å². The number of hydrogen-bond acceptors (Lipinski definition) is 1. The van der Waals surface area contributed by atoms with E-state index in [1.54, 1.807) is 0 Å². The summed E-state index contributed by atoms with van der Waals surface area (Å²) in [7, 11) is 0. The number of benzene rings is 2. The average Bonchev–Trinajstić information content (AvgIpc) is 2.40. The van der Waals surface area contributed by atoms with Crippen molar-refractivity contribution in [2.24, 2.45) is 0 Å². The Morgan fingerprint density at radius 3 is 1.94 bits per heavy atom. The van der Waals surface area contributed by atoms with E-state index in [0.29, 0.717) is 0 Å². The van der Waals surface area contributed by atoms with E-state index < -0.39 is 0 Å². The number of aliphatic hydroxyl groups is 1. The second kappa shape index (κ2) is 6.02. The summed E-state index contributed by atoms with van der Waals surface area (Å²) in [4.78, 5) is 0. The lowest BCUT2D eigenvalue weighted by Gasteiger charge is -1.99. The summed E-state index contributed by atoms with van der Waals surface area (Å²) in [5.41, 5.74) is 3.55. The van der Waals surface area contributed by atoms with E-state index in [2.05, 4.69) is 48.6 Å². The maximum absolute atomic E-state index is 8.83. The normalized spacial score (nSPS) is 10.9. The molecule has 2 aromatic rings. The third-order valence-electron chi connectivity index (χ3n) is 2.65. The molecule has 0 aromatic heterocycles. The molecule has 2 aromatic carbocycles. The average molecular weight is 224 g/mol. The van der Waals surface area contributed by atoms with Gasteiger partial charge in [-0.3, -0.25) is 0 Å². The van der Waals surface area contributed by atoms with E-state index in [9.17, 15) is 0 Å². The second-order valence-electron chi connectivity index (χ2n) is 3.96. The Kier molecular flexibility index (Phi) is 4.11. The third kappa shape index (κ3) is 3.58. The number of hydrogen-bond donors (Lipinski definition) is 1. The van der Waals surface area contributed by atoms with Crippen LogP contribution in [0.4, 0.5) is 0 Å². The third-order valence-corrected chi connectivity index (χ3v) is 2.65. The molecule has 0 heterocycles. The molecule has 0 bridgehead atoms. The minimum absolute atomic E-state index is 0.208. The Morgan fingerprint density at radius 1 is 0.765 bits per heavy atom. The van der Waals surface area contributed by atoms with Gasteiger partial charge in [-0.05, 0) is 23.1 Å². The van der Waals surface area contributed by atoms with Crippen LogP contribution in [0.1, 0.15) is 16.7 Å². The van der Waals surface area contributed by atoms with Crippen LogP contribution in [0.25, 0.3) is 12.2 Å². The molecular formula is C16H16O. The van der Waals surface area contributed by atoms with E-state index in [1.165, 1.54) is 16.7 Å². The van der Waals surface area contributed by atoms with Gasteiger partial charge in [-0.25, -0.2) is 0 Å². The van der Waals surface area contributed by atoms with Crippen LogP contribution in [0.15, 0.2) is 54.6 Å². The summed E-state index contributed by atoms with van der Waals surface area (Å²) in [5, 5.41) is 8.83. The van der Waals surface area contributed by atoms with Gasteiger partial charge in [-0.1, -0.05) is 66.7 Å². The molecule has 1 heteroatoms. The van der Waals surface area contributed by atoms with Gasteiger partial charge in [0.1, 0.15) is 0 Å². The lowest BCUT2D eigenvalue weighted by atomic mass is 10.1. The maximum atomic E-state index is 8.83. The molecule has 0 saturated carbocycles. The smallest absolute Gasteiger partial charge is 0.0471 e. The lowest BCUT2D eigenvalue weighted by Crippen LogP contribution is -1.89. The summed E-state index contributed by atoms with van der Waals surface area (Å²) in [6.45, 7) is 0.208. The van der Waals surface area contributed by atoms with Gasteiger partial charge >= 0.3 is 0 Å². The molecule has 0 radical (unpaired) electrons. The van der Waals surface area contributed by atoms with Gasteiger partial charge < -0.3 is 5.11 Å². The summed E-state index contributed by atoms with van der Waals surface area (Å²) in [5.74, 6) is 0. The minimum Gasteiger partial charge on any atom is -0.396 e. The predicted molar refractivity (Wildman–Crippen MR) is 72.6 cm³/mol. The first kappa shape index (κ1) is 11.6. The molecule has 0 atom stereocenters. The monoisotopic (exact) mass is 224 g/mol. The fraction of sp³-hybridized carbons (Fsp3) is 0.125. The lowest BCUT2D eigenvalue weighted by molar-refractivity contribution is 0.299. The van der Waals surface area contributed by atoms with Crippen molar-refractivity contribution in [2.45, 2.75) is 6.42 Å². The van der Waals surface area contributed by atoms with Crippen LogP contribution in [0.2, 0.25) is 0 Å². The molecule has 0 fully saturated rings. The molecular weight excluding hydrogens is 208 g/mol. The van der Waals surface area contributed by atoms with Crippen molar-refractivity contribution in [3.05, 3.63) is 71.3 Å². The largest absolute Gasteiger partial charge is 0.396 e. The van der Waals surface area contributed by atoms with E-state index in [-0.39, 0.29) is 6.61 Å². The SMILES string of the molecule is OCCc1ccc(/C=C/c2ccccc2)cc1. The Labute approximate surface area is 102 Å². The van der Waals surface area contributed by atoms with Crippen LogP contribution in [0.3, 0.4) is 0 Å². The van der Waals surface area contributed by atoms with Crippen LogP contribution < -0.4 is 0 Å². The van der Waals surface area contributed by atoms with Crippen molar-refractivity contribution in [3.63, 3.8) is 0 Å². The standard InChI is InChI=1S/C16H16O/c17-13-12-16-10-8-15(9-11-16)7-6-14-4-2-1-3-5-14/h1-11,17H,12-13H2/b7-6+. The quantitative estimate of drug-likeness (QED) is 0.789. The zero-order chi connectivity index (χ0) is 11.9. The van der Waals surface area contributed by atoms with Crippen LogP contribution in [0.5, 0.6) is 0 Å². The van der Waals surface area contributed by atoms with E-state index in [0.717, 1.165) is 6.42 Å². The maximum Gasteiger partial charge on any atom is 0.0471 e. The van der Waals surface area contributed by atoms with Crippen molar-refractivity contribution in [1.29, 1.82) is 0 Å². The molecule has 0 spiro atoms. The fourth-order valence-electron chi connectivity index (χ4n) is 1.68. The molecule has 0 amide bonds. The van der Waals surface area contributed by atoms with Gasteiger partial charge in [0.15, 0.2) is 0 Å². The minimum atomic E-state index is 0.208. The number of rotatable bonds is 4. The molecule has 0 aliphatic rings. The van der Waals surface area contributed by atoms with Crippen molar-refractivity contribution in [1.82, 2.24) is 0 Å². The van der Waals surface area contributed by atoms with Crippen LogP contribution in [-0.4, -0.2) is 11.7 Å². The van der Waals surface area contributed by atoms with Crippen molar-refractivity contribution >= 4 is 12.2 Å². The van der Waals surface area contributed by atoms with Gasteiger partial charge in [-0.15, -0.1) is 0 Å². The molecule has 86 valence electrons. The zero-order valence-corrected chi connectivity index (χ0v) is 9.71. The van der Waals surface area contributed by atoms with Gasteiger partial charge in [0.2, 0.25) is 0 Å². The molecule has 1 nitrogen and oxygen atoms in total. The van der Waals surface area contributed by atoms with Crippen molar-refractivity contribution in [3.8, 4) is 0 Å². The Bertz CT molecular complexity index is 469. The second-order valence-corrected chi connectivity index (χ2v) is 3.96. The van der Waals surface area contributed by atoms with E-state index >= 15 is 0 Å². The predicted octanol–water partition coefficient (Wildman–Crippen LogP) is 3.39. The highest BCUT2D eigenvalue weighted by Gasteiger charge is 1.91. The van der Waals surface area contributed by atoms with E-state index in [1.807, 2.05) is 18.2 Å². The molecule has 0 unspecified atom stereocenters. The molecule has 0 saturated heterocycles. The summed E-state index contributed by atoms with van der Waals surface area (Å²) in [6.07, 6.45) is 4.92. The fourth-order valence-corrected chi connectivity index (χ4v) is 1.68. The van der Waals surface area contributed by atoms with Crippen LogP contribution in [0, 0.1) is 0 Å². The van der Waals surface area contributed by atoms with Crippen molar-refractivity contribution in [2.75, 3.05) is 6.61 Å². The topological polar surface area (TPSA) is 20.2 Å². The van der Waals surface area contributed by atoms with Crippen molar-refractivity contribution < 1.29 is 5.11 Å². The Hall–Kier alpha value is -1.86. The number of aliphatic hydroxyl groups excluding tert-OH is 1. The highest BCUT2D eigenvalue weighted by Crippen LogP contribution is 2.09. The molecule has 1 N–H and O–H groups in total. The summed E-state index contributed by atoms with van der Waals surface area (Å²) >= 11 is 0. The molecule has 2 rings (SSSR count). The van der Waals surface area contributed by atoms with Gasteiger partial charge in [-0.2, -0.15) is 0 Å². The summed E-state index contributed by atoms with van der Waals surface area (Å²) in [6, 6.07) is 18.5. The molecule has 0 aliphatic carbocycles. The highest BCUT2D eigenvalue weighted by atomic mass is 16.2. The van der Waals surface area contributed by atoms with Crippen LogP contribution in [-0.2, 0) is 6.42 Å². The Morgan fingerprint density at radius 2 is 1.35 bits per heavy atom. The van der Waals surface area contributed by atoms with Gasteiger partial charge in [0, 0.05) is 6.61 Å². The van der Waals surface area contributed by atoms with Crippen LogP contribution >= 0.6 is 0 Å². The highest BCUT2D eigenvalue weighted by molar-refractivity contribution is 5.69. The first-order valence-corrected chi connectivity index (χ1v) is 5.81. The van der Waals surface area contributed by atoms with Gasteiger partial charge in [0.05, 0.1) is 0 Å². The zero-order valence-electron chi connectivity index (χ0n) is 9.71. The molecule has 0 aliphatic heterocycles. The first-order valence-electron chi connectivity index (χ1n) is 5.81. The molecule has 17 heavy (non-hydrogen) atoms. The summed E-state index contributed by atoms with van der Waals surface area (Å²) < 4.78 is 0. The van der Waals surface area contributed by atoms with E-state index in [4.69, 9.17) is 5.11 Å². The Balaban J connectivity index is 2.06.